The van der Waals surface area contributed by atoms with Gasteiger partial charge in [0.15, 0.2) is 17.9 Å². The van der Waals surface area contributed by atoms with Crippen molar-refractivity contribution in [3.8, 4) is 5.75 Å². The van der Waals surface area contributed by atoms with Gasteiger partial charge in [0.1, 0.15) is 40.7 Å². The van der Waals surface area contributed by atoms with E-state index in [1.807, 2.05) is 56.4 Å². The molecule has 0 unspecified atom stereocenters. The summed E-state index contributed by atoms with van der Waals surface area (Å²) in [6.07, 6.45) is -4.64. The molecule has 2 saturated heterocycles. The molecule has 5 amide bonds. The van der Waals surface area contributed by atoms with Gasteiger partial charge in [0, 0.05) is 77.9 Å². The highest BCUT2D eigenvalue weighted by Crippen LogP contribution is 2.49. The molecule has 0 spiro atoms. The Hall–Kier alpha value is -6.11. The molecule has 0 radical (unpaired) electrons. The molecule has 0 saturated carbocycles. The summed E-state index contributed by atoms with van der Waals surface area (Å²) in [5.74, 6) is -4.58. The minimum atomic E-state index is -2.33. The number of carbonyl (C=O) groups excluding carboxylic acids is 6. The Morgan fingerprint density at radius 3 is 2.45 bits per heavy atom. The predicted octanol–water partition coefficient (Wildman–Crippen LogP) is 2.08. The molecule has 3 aliphatic heterocycles. The monoisotopic (exact) mass is 1070 g/mol. The number of aromatic nitrogens is 1. The molecule has 1 aromatic heterocycles. The SMILES string of the molecule is CNN(C)Cc1cc2ccccc2n1CCC(=O)NCCNC(=O)[C@H](O)[C@H](O)C(=O)N(C)[C@@H](C)C(=O)O[C@H]1CC(=O)N(C)c2cc(cc(OC)c2Cl)C/C(C)=C/C=C/[C@@H](OC)[C@@]2(O)C[C@H](OC(=O)N2)[C@@H](C)[C@@H]2O[C@@]12C. The number of hydrogen-bond donors (Lipinski definition) is 7. The number of aryl methyl sites for hydroxylation is 1. The van der Waals surface area contributed by atoms with Crippen molar-refractivity contribution in [2.24, 2.45) is 5.92 Å². The largest absolute Gasteiger partial charge is 0.495 e. The predicted molar refractivity (Wildman–Crippen MR) is 276 cm³/mol. The van der Waals surface area contributed by atoms with E-state index in [1.165, 1.54) is 33.1 Å². The number of aliphatic hydroxyl groups excluding tert-OH is 2. The van der Waals surface area contributed by atoms with E-state index in [1.54, 1.807) is 38.1 Å². The number of nitrogens with zero attached hydrogens (tertiary/aromatic N) is 4. The van der Waals surface area contributed by atoms with E-state index in [2.05, 4.69) is 32.0 Å². The summed E-state index contributed by atoms with van der Waals surface area (Å²) >= 11 is 6.80. The van der Waals surface area contributed by atoms with Crippen LogP contribution in [0.3, 0.4) is 0 Å². The van der Waals surface area contributed by atoms with Crippen molar-refractivity contribution in [1.82, 2.24) is 35.9 Å². The fraction of sp³-hybridized carbons (Fsp3) is 0.538. The van der Waals surface area contributed by atoms with Gasteiger partial charge in [0.2, 0.25) is 11.8 Å². The summed E-state index contributed by atoms with van der Waals surface area (Å²) in [6.45, 7) is 7.33. The molecule has 6 rings (SSSR count). The van der Waals surface area contributed by atoms with E-state index < -0.39 is 96.1 Å². The second-order valence-corrected chi connectivity index (χ2v) is 19.9. The first-order valence-corrected chi connectivity index (χ1v) is 25.1. The van der Waals surface area contributed by atoms with E-state index in [-0.39, 0.29) is 36.9 Å². The van der Waals surface area contributed by atoms with Gasteiger partial charge in [-0.3, -0.25) is 29.9 Å². The fourth-order valence-electron chi connectivity index (χ4n) is 9.46. The number of anilines is 1. The zero-order valence-electron chi connectivity index (χ0n) is 44.0. The fourth-order valence-corrected chi connectivity index (χ4v) is 9.77. The third kappa shape index (κ3) is 13.5. The number of likely N-dealkylation sites (N-methyl/N-ethyl adjacent to an activating group) is 1. The Labute approximate surface area is 441 Å². The highest BCUT2D eigenvalue weighted by Gasteiger charge is 2.64. The van der Waals surface area contributed by atoms with Gasteiger partial charge in [-0.2, -0.15) is 0 Å². The number of hydrogen-bond acceptors (Lipinski definition) is 16. The normalized spacial score (nSPS) is 26.4. The molecule has 3 aromatic rings. The van der Waals surface area contributed by atoms with Gasteiger partial charge in [-0.15, -0.1) is 0 Å². The maximum atomic E-state index is 14.4. The van der Waals surface area contributed by atoms with Crippen molar-refractivity contribution in [2.75, 3.05) is 60.4 Å². The smallest absolute Gasteiger partial charge is 0.409 e. The highest BCUT2D eigenvalue weighted by atomic mass is 35.5. The number of epoxide rings is 1. The molecule has 410 valence electrons. The highest BCUT2D eigenvalue weighted by molar-refractivity contribution is 6.35. The molecule has 23 heteroatoms. The first kappa shape index (κ1) is 58.2. The third-order valence-electron chi connectivity index (χ3n) is 14.3. The maximum absolute atomic E-state index is 14.4. The van der Waals surface area contributed by atoms with Crippen LogP contribution in [0.15, 0.2) is 66.3 Å². The molecule has 2 fully saturated rings. The van der Waals surface area contributed by atoms with Crippen LogP contribution in [-0.4, -0.2) is 175 Å². The minimum Gasteiger partial charge on any atom is -0.495 e. The number of ether oxygens (including phenoxy) is 5. The summed E-state index contributed by atoms with van der Waals surface area (Å²) in [5, 5.41) is 44.2. The van der Waals surface area contributed by atoms with Gasteiger partial charge < -0.3 is 64.0 Å². The van der Waals surface area contributed by atoms with E-state index in [0.717, 1.165) is 39.7 Å². The molecular weight excluding hydrogens is 996 g/mol. The molecule has 7 N–H and O–H groups in total. The first-order valence-electron chi connectivity index (χ1n) is 24.7. The lowest BCUT2D eigenvalue weighted by Crippen LogP contribution is -2.63. The average Bonchev–Trinajstić information content (AvgIpc) is 3.96. The first-order chi connectivity index (χ1) is 35.5. The van der Waals surface area contributed by atoms with E-state index >= 15 is 0 Å². The van der Waals surface area contributed by atoms with Gasteiger partial charge in [0.25, 0.3) is 11.8 Å². The molecule has 3 aliphatic rings. The van der Waals surface area contributed by atoms with Gasteiger partial charge in [-0.25, -0.2) is 14.6 Å². The lowest BCUT2D eigenvalue weighted by atomic mass is 9.83. The van der Waals surface area contributed by atoms with E-state index in [0.29, 0.717) is 30.9 Å². The number of amides is 5. The van der Waals surface area contributed by atoms with E-state index in [9.17, 15) is 44.1 Å². The van der Waals surface area contributed by atoms with Crippen LogP contribution in [0.2, 0.25) is 5.02 Å². The number of para-hydroxylation sites is 1. The number of methoxy groups -OCH3 is 2. The van der Waals surface area contributed by atoms with Gasteiger partial charge in [-0.1, -0.05) is 60.5 Å². The summed E-state index contributed by atoms with van der Waals surface area (Å²) in [4.78, 5) is 82.9. The summed E-state index contributed by atoms with van der Waals surface area (Å²) in [5.41, 5.74) is 3.63. The van der Waals surface area contributed by atoms with Crippen LogP contribution < -0.4 is 31.0 Å². The topological polar surface area (TPSA) is 275 Å². The van der Waals surface area contributed by atoms with Crippen LogP contribution in [0.25, 0.3) is 10.9 Å². The molecule has 22 nitrogen and oxygen atoms in total. The van der Waals surface area contributed by atoms with Gasteiger partial charge in [0.05, 0.1) is 31.9 Å². The van der Waals surface area contributed by atoms with Crippen molar-refractivity contribution in [3.63, 3.8) is 0 Å². The average molecular weight is 1070 g/mol. The Bertz CT molecular complexity index is 2660. The van der Waals surface area contributed by atoms with Crippen LogP contribution in [0.1, 0.15) is 58.2 Å². The van der Waals surface area contributed by atoms with Crippen molar-refractivity contribution < 1.29 is 67.8 Å². The van der Waals surface area contributed by atoms with Gasteiger partial charge >= 0.3 is 12.1 Å². The number of rotatable bonds is 17. The van der Waals surface area contributed by atoms with Crippen LogP contribution in [-0.2, 0) is 62.4 Å². The van der Waals surface area contributed by atoms with Crippen LogP contribution in [0.4, 0.5) is 10.5 Å². The summed E-state index contributed by atoms with van der Waals surface area (Å²) in [6, 6.07) is 11.9. The van der Waals surface area contributed by atoms with E-state index in [4.69, 9.17) is 35.3 Å². The number of carbonyl (C=O) groups is 6. The number of benzene rings is 2. The molecule has 4 heterocycles. The second kappa shape index (κ2) is 24.7. The number of fused-ring (bicyclic) bond motifs is 6. The number of halogens is 1. The Balaban J connectivity index is 1.12. The lowest BCUT2D eigenvalue weighted by molar-refractivity contribution is -0.166. The van der Waals surface area contributed by atoms with Crippen LogP contribution in [0, 0.1) is 5.92 Å². The summed E-state index contributed by atoms with van der Waals surface area (Å²) < 4.78 is 31.3. The number of hydrazine groups is 1. The molecule has 4 bridgehead atoms. The van der Waals surface area contributed by atoms with Gasteiger partial charge in [-0.05, 0) is 69.5 Å². The molecule has 75 heavy (non-hydrogen) atoms. The van der Waals surface area contributed by atoms with Crippen molar-refractivity contribution in [1.29, 1.82) is 0 Å². The molecule has 0 aliphatic carbocycles. The maximum Gasteiger partial charge on any atom is 0.409 e. The Morgan fingerprint density at radius 1 is 1.05 bits per heavy atom. The minimum absolute atomic E-state index is 0.0182. The zero-order valence-corrected chi connectivity index (χ0v) is 44.8. The number of aliphatic hydroxyl groups is 3. The third-order valence-corrected chi connectivity index (χ3v) is 14.7. The lowest BCUT2D eigenvalue weighted by Gasteiger charge is -2.42. The number of esters is 1. The number of alkyl carbamates (subject to hydrolysis) is 1. The summed E-state index contributed by atoms with van der Waals surface area (Å²) in [7, 11) is 9.22. The second-order valence-electron chi connectivity index (χ2n) is 19.6. The zero-order chi connectivity index (χ0) is 55.1. The number of nitrogens with one attached hydrogen (secondary N) is 4. The Kier molecular flexibility index (Phi) is 19.2. The van der Waals surface area contributed by atoms with Crippen molar-refractivity contribution in [3.05, 3.63) is 82.5 Å². The Morgan fingerprint density at radius 2 is 1.76 bits per heavy atom. The standard InChI is InChI=1S/C52H71ClN8O14/c1-29-14-13-17-39(72-10)52(70)27-38(73-50(69)57-52)30(2)46-51(4,75-46)40(26-42(63)60(8)36-23-32(22-29)24-37(71-9)43(36)53)74-49(68)31(3)59(7)48(67)45(65)44(64)47(66)56-20-19-55-41(62)18-21-61-34(28-58(6)54-5)25-33-15-11-12-16-35(33)61/h11-17,23-25,30-31,38-40,44-46,54,64-65,70H,18-22,26-28H2,1-10H3,(H,55,62)(H,56,66)(H,57,69)/b17-13+,29-14+/t30-,31+,38+,39-,40+,44-,45+,46+,51+,52+/m1/s1. The van der Waals surface area contributed by atoms with Crippen molar-refractivity contribution >= 4 is 63.9 Å². The van der Waals surface area contributed by atoms with Crippen LogP contribution >= 0.6 is 11.6 Å². The van der Waals surface area contributed by atoms with Crippen molar-refractivity contribution in [2.45, 2.75) is 120 Å². The number of allylic oxidation sites excluding steroid dienone is 3. The molecule has 2 aromatic carbocycles. The quantitative estimate of drug-likeness (QED) is 0.0441. The molecule has 10 atom stereocenters. The van der Waals surface area contributed by atoms with Crippen LogP contribution in [0.5, 0.6) is 5.75 Å². The molecular formula is C52H71ClN8O14.